The Morgan fingerprint density at radius 2 is 2.08 bits per heavy atom. The van der Waals surface area contributed by atoms with Gasteiger partial charge in [-0.1, -0.05) is 24.3 Å². The molecule has 0 aliphatic carbocycles. The number of carbonyl (C=O) groups is 2. The molecule has 2 rings (SSSR count). The zero-order chi connectivity index (χ0) is 17.6. The van der Waals surface area contributed by atoms with E-state index in [1.54, 1.807) is 12.0 Å². The average Bonchev–Trinajstić information content (AvgIpc) is 2.59. The summed E-state index contributed by atoms with van der Waals surface area (Å²) in [6, 6.07) is 8.05. The monoisotopic (exact) mass is 333 g/mol. The number of carboxylic acids is 1. The van der Waals surface area contributed by atoms with Gasteiger partial charge in [-0.15, -0.1) is 0 Å². The number of methoxy groups -OCH3 is 1. The van der Waals surface area contributed by atoms with Crippen LogP contribution in [0.5, 0.6) is 0 Å². The molecule has 0 radical (unpaired) electrons. The molecule has 1 amide bonds. The summed E-state index contributed by atoms with van der Waals surface area (Å²) < 4.78 is 5.07. The van der Waals surface area contributed by atoms with E-state index in [9.17, 15) is 14.7 Å². The Labute approximate surface area is 143 Å². The molecule has 1 fully saturated rings. The topological polar surface area (TPSA) is 66.8 Å². The second kappa shape index (κ2) is 8.29. The summed E-state index contributed by atoms with van der Waals surface area (Å²) in [7, 11) is 1.57. The maximum atomic E-state index is 12.6. The highest BCUT2D eigenvalue weighted by Gasteiger charge is 2.43. The molecule has 0 bridgehead atoms. The quantitative estimate of drug-likeness (QED) is 0.833. The Kier molecular flexibility index (Phi) is 6.37. The van der Waals surface area contributed by atoms with Crippen molar-refractivity contribution in [2.24, 2.45) is 5.41 Å². The highest BCUT2D eigenvalue weighted by Crippen LogP contribution is 2.34. The van der Waals surface area contributed by atoms with Crippen LogP contribution in [0.25, 0.3) is 0 Å². The standard InChI is InChI=1S/C19H27NO4/c1-15-6-3-4-7-16(15)8-9-17(21)20-12-5-10-19(14-20,18(22)23)11-13-24-2/h3-4,6-7H,5,8-14H2,1-2H3,(H,22,23)/t19-/m0/s1. The minimum Gasteiger partial charge on any atom is -0.481 e. The third kappa shape index (κ3) is 4.35. The Balaban J connectivity index is 1.98. The van der Waals surface area contributed by atoms with Crippen LogP contribution in [0.2, 0.25) is 0 Å². The first-order chi connectivity index (χ1) is 11.5. The summed E-state index contributed by atoms with van der Waals surface area (Å²) in [6.07, 6.45) is 2.89. The Morgan fingerprint density at radius 3 is 2.75 bits per heavy atom. The number of benzene rings is 1. The van der Waals surface area contributed by atoms with E-state index in [0.29, 0.717) is 38.8 Å². The van der Waals surface area contributed by atoms with Gasteiger partial charge in [0, 0.05) is 33.2 Å². The third-order valence-corrected chi connectivity index (χ3v) is 5.04. The van der Waals surface area contributed by atoms with Crippen LogP contribution in [0.1, 0.15) is 36.8 Å². The van der Waals surface area contributed by atoms with Crippen molar-refractivity contribution in [2.45, 2.75) is 39.0 Å². The van der Waals surface area contributed by atoms with E-state index in [1.165, 1.54) is 11.1 Å². The molecule has 5 nitrogen and oxygen atoms in total. The number of nitrogens with zero attached hydrogens (tertiary/aromatic N) is 1. The van der Waals surface area contributed by atoms with Gasteiger partial charge in [-0.3, -0.25) is 9.59 Å². The van der Waals surface area contributed by atoms with Crippen molar-refractivity contribution in [1.82, 2.24) is 4.90 Å². The van der Waals surface area contributed by atoms with E-state index in [4.69, 9.17) is 4.74 Å². The lowest BCUT2D eigenvalue weighted by Crippen LogP contribution is -2.50. The first-order valence-corrected chi connectivity index (χ1v) is 8.53. The first-order valence-electron chi connectivity index (χ1n) is 8.53. The number of aryl methyl sites for hydroxylation is 2. The molecular weight excluding hydrogens is 306 g/mol. The van der Waals surface area contributed by atoms with Crippen molar-refractivity contribution < 1.29 is 19.4 Å². The van der Waals surface area contributed by atoms with Crippen molar-refractivity contribution in [1.29, 1.82) is 0 Å². The van der Waals surface area contributed by atoms with Gasteiger partial charge in [0.05, 0.1) is 5.41 Å². The summed E-state index contributed by atoms with van der Waals surface area (Å²) in [5.74, 6) is -0.781. The van der Waals surface area contributed by atoms with Gasteiger partial charge in [0.25, 0.3) is 0 Å². The van der Waals surface area contributed by atoms with Crippen LogP contribution < -0.4 is 0 Å². The zero-order valence-electron chi connectivity index (χ0n) is 14.6. The number of hydrogen-bond acceptors (Lipinski definition) is 3. The molecular formula is C19H27NO4. The Bertz CT molecular complexity index is 586. The van der Waals surface area contributed by atoms with Crippen molar-refractivity contribution >= 4 is 11.9 Å². The van der Waals surface area contributed by atoms with E-state index in [2.05, 4.69) is 0 Å². The van der Waals surface area contributed by atoms with Crippen LogP contribution in [0.3, 0.4) is 0 Å². The van der Waals surface area contributed by atoms with Crippen molar-refractivity contribution in [3.8, 4) is 0 Å². The lowest BCUT2D eigenvalue weighted by molar-refractivity contribution is -0.156. The molecule has 0 spiro atoms. The van der Waals surface area contributed by atoms with Gasteiger partial charge in [0.1, 0.15) is 0 Å². The average molecular weight is 333 g/mol. The highest BCUT2D eigenvalue weighted by atomic mass is 16.5. The molecule has 132 valence electrons. The fraction of sp³-hybridized carbons (Fsp3) is 0.579. The zero-order valence-corrected chi connectivity index (χ0v) is 14.6. The SMILES string of the molecule is COCC[C@@]1(C(=O)O)CCCN(C(=O)CCc2ccccc2C)C1. The van der Waals surface area contributed by atoms with Crippen LogP contribution in [-0.2, 0) is 20.7 Å². The van der Waals surface area contributed by atoms with Crippen molar-refractivity contribution in [2.75, 3.05) is 26.8 Å². The number of likely N-dealkylation sites (tertiary alicyclic amines) is 1. The summed E-state index contributed by atoms with van der Waals surface area (Å²) in [6.45, 7) is 3.38. The van der Waals surface area contributed by atoms with Crippen LogP contribution in [0, 0.1) is 12.3 Å². The first kappa shape index (κ1) is 18.5. The lowest BCUT2D eigenvalue weighted by atomic mass is 9.77. The molecule has 0 saturated carbocycles. The number of ether oxygens (including phenoxy) is 1. The smallest absolute Gasteiger partial charge is 0.311 e. The molecule has 1 aliphatic rings. The molecule has 24 heavy (non-hydrogen) atoms. The predicted octanol–water partition coefficient (Wildman–Crippen LogP) is 2.66. The number of aliphatic carboxylic acids is 1. The molecule has 0 unspecified atom stereocenters. The van der Waals surface area contributed by atoms with Gasteiger partial charge >= 0.3 is 5.97 Å². The maximum Gasteiger partial charge on any atom is 0.311 e. The predicted molar refractivity (Wildman–Crippen MR) is 91.9 cm³/mol. The number of carboxylic acid groups (broad SMARTS) is 1. The summed E-state index contributed by atoms with van der Waals surface area (Å²) in [5, 5.41) is 9.67. The minimum atomic E-state index is -0.868. The van der Waals surface area contributed by atoms with E-state index >= 15 is 0 Å². The minimum absolute atomic E-state index is 0.0426. The lowest BCUT2D eigenvalue weighted by Gasteiger charge is -2.40. The van der Waals surface area contributed by atoms with Crippen LogP contribution in [-0.4, -0.2) is 48.7 Å². The Morgan fingerprint density at radius 1 is 1.33 bits per heavy atom. The van der Waals surface area contributed by atoms with Crippen molar-refractivity contribution in [3.63, 3.8) is 0 Å². The number of rotatable bonds is 7. The summed E-state index contributed by atoms with van der Waals surface area (Å²) in [4.78, 5) is 26.1. The van der Waals surface area contributed by atoms with E-state index in [-0.39, 0.29) is 12.5 Å². The van der Waals surface area contributed by atoms with Crippen LogP contribution in [0.15, 0.2) is 24.3 Å². The summed E-state index contributed by atoms with van der Waals surface area (Å²) >= 11 is 0. The molecule has 1 aromatic carbocycles. The van der Waals surface area contributed by atoms with Gasteiger partial charge < -0.3 is 14.7 Å². The molecule has 1 heterocycles. The van der Waals surface area contributed by atoms with Crippen molar-refractivity contribution in [3.05, 3.63) is 35.4 Å². The van der Waals surface area contributed by atoms with Crippen LogP contribution >= 0.6 is 0 Å². The van der Waals surface area contributed by atoms with E-state index in [0.717, 1.165) is 6.42 Å². The Hall–Kier alpha value is -1.88. The fourth-order valence-electron chi connectivity index (χ4n) is 3.42. The molecule has 1 saturated heterocycles. The van der Waals surface area contributed by atoms with Crippen LogP contribution in [0.4, 0.5) is 0 Å². The number of piperidine rings is 1. The maximum absolute atomic E-state index is 12.6. The molecule has 0 aromatic heterocycles. The van der Waals surface area contributed by atoms with Gasteiger partial charge in [-0.25, -0.2) is 0 Å². The van der Waals surface area contributed by atoms with E-state index < -0.39 is 11.4 Å². The van der Waals surface area contributed by atoms with Gasteiger partial charge in [0.15, 0.2) is 0 Å². The normalized spacial score (nSPS) is 20.8. The largest absolute Gasteiger partial charge is 0.481 e. The second-order valence-electron chi connectivity index (χ2n) is 6.67. The van der Waals surface area contributed by atoms with Gasteiger partial charge in [0.2, 0.25) is 5.91 Å². The fourth-order valence-corrected chi connectivity index (χ4v) is 3.42. The number of amides is 1. The molecule has 1 aliphatic heterocycles. The van der Waals surface area contributed by atoms with E-state index in [1.807, 2.05) is 31.2 Å². The summed E-state index contributed by atoms with van der Waals surface area (Å²) in [5.41, 5.74) is 1.49. The molecule has 1 N–H and O–H groups in total. The number of hydrogen-bond donors (Lipinski definition) is 1. The van der Waals surface area contributed by atoms with Gasteiger partial charge in [-0.05, 0) is 43.7 Å². The third-order valence-electron chi connectivity index (χ3n) is 5.04. The van der Waals surface area contributed by atoms with Gasteiger partial charge in [-0.2, -0.15) is 0 Å². The molecule has 1 atom stereocenters. The molecule has 5 heteroatoms. The second-order valence-corrected chi connectivity index (χ2v) is 6.67. The highest BCUT2D eigenvalue weighted by molar-refractivity contribution is 5.80. The molecule has 1 aromatic rings. The number of carbonyl (C=O) groups excluding carboxylic acids is 1.